The summed E-state index contributed by atoms with van der Waals surface area (Å²) in [6, 6.07) is 11.4. The molecule has 0 saturated carbocycles. The van der Waals surface area contributed by atoms with Crippen LogP contribution >= 0.6 is 28.1 Å². The van der Waals surface area contributed by atoms with Crippen molar-refractivity contribution in [3.63, 3.8) is 0 Å². The molecule has 5 nitrogen and oxygen atoms in total. The van der Waals surface area contributed by atoms with Crippen LogP contribution < -0.4 is 0 Å². The third-order valence-electron chi connectivity index (χ3n) is 2.58. The zero-order valence-corrected chi connectivity index (χ0v) is 12.6. The minimum atomic E-state index is 0.407. The van der Waals surface area contributed by atoms with Crippen LogP contribution in [-0.2, 0) is 0 Å². The number of aromatic nitrogens is 3. The zero-order valence-electron chi connectivity index (χ0n) is 10.2. The Morgan fingerprint density at radius 2 is 2.10 bits per heavy atom. The molecule has 1 N–H and O–H groups in total. The molecule has 0 bridgehead atoms. The minimum absolute atomic E-state index is 0.407. The quantitative estimate of drug-likeness (QED) is 0.577. The van der Waals surface area contributed by atoms with Gasteiger partial charge in [-0.3, -0.25) is 0 Å². The number of hydrogen-bond acceptors (Lipinski definition) is 4. The van der Waals surface area contributed by atoms with Gasteiger partial charge in [0.1, 0.15) is 0 Å². The van der Waals surface area contributed by atoms with Crippen LogP contribution in [-0.4, -0.2) is 21.1 Å². The van der Waals surface area contributed by atoms with Crippen molar-refractivity contribution in [1.82, 2.24) is 14.9 Å². The fraction of sp³-hybridized carbons (Fsp3) is 0. The lowest BCUT2D eigenvalue weighted by Gasteiger charge is -1.97. The third kappa shape index (κ3) is 2.63. The predicted molar refractivity (Wildman–Crippen MR) is 82.2 cm³/mol. The number of rotatable bonds is 3. The molecule has 0 fully saturated rings. The normalized spacial score (nSPS) is 11.2. The Bertz CT molecular complexity index is 787. The van der Waals surface area contributed by atoms with Crippen molar-refractivity contribution in [2.45, 2.75) is 0 Å². The molecule has 0 unspecified atom stereocenters. The summed E-state index contributed by atoms with van der Waals surface area (Å²) in [7, 11) is 0. The fourth-order valence-corrected chi connectivity index (χ4v) is 2.08. The molecule has 0 aliphatic rings. The summed E-state index contributed by atoms with van der Waals surface area (Å²) in [4.78, 5) is 0. The van der Waals surface area contributed by atoms with Crippen molar-refractivity contribution < 1.29 is 4.42 Å². The number of H-pyrrole nitrogens is 1. The molecule has 3 rings (SSSR count). The number of hydrogen-bond donors (Lipinski definition) is 1. The van der Waals surface area contributed by atoms with Gasteiger partial charge < -0.3 is 4.42 Å². The number of halogens is 1. The molecule has 2 aromatic heterocycles. The lowest BCUT2D eigenvalue weighted by Crippen LogP contribution is -1.94. The first-order valence-corrected chi connectivity index (χ1v) is 6.95. The maximum Gasteiger partial charge on any atom is 0.219 e. The van der Waals surface area contributed by atoms with Gasteiger partial charge in [0, 0.05) is 4.47 Å². The molecule has 1 aromatic carbocycles. The van der Waals surface area contributed by atoms with Crippen molar-refractivity contribution >= 4 is 34.4 Å². The number of nitrogens with one attached hydrogen (secondary N) is 1. The summed E-state index contributed by atoms with van der Waals surface area (Å²) in [6.07, 6.45) is 3.29. The van der Waals surface area contributed by atoms with Crippen LogP contribution in [0.25, 0.3) is 11.6 Å². The topological polar surface area (TPSA) is 59.1 Å². The molecular weight excluding hydrogens is 340 g/mol. The maximum absolute atomic E-state index is 5.31. The highest BCUT2D eigenvalue weighted by Crippen LogP contribution is 2.17. The third-order valence-corrected chi connectivity index (χ3v) is 3.38. The highest BCUT2D eigenvalue weighted by atomic mass is 79.9. The fourth-order valence-electron chi connectivity index (χ4n) is 1.64. The molecule has 0 saturated heterocycles. The summed E-state index contributed by atoms with van der Waals surface area (Å²) >= 11 is 8.56. The molecule has 0 atom stereocenters. The first-order chi connectivity index (χ1) is 9.74. The molecule has 0 radical (unpaired) electrons. The molecule has 0 aliphatic carbocycles. The van der Waals surface area contributed by atoms with Gasteiger partial charge in [0.2, 0.25) is 10.6 Å². The van der Waals surface area contributed by atoms with Crippen LogP contribution in [0, 0.1) is 4.77 Å². The van der Waals surface area contributed by atoms with Gasteiger partial charge in [0.05, 0.1) is 12.5 Å². The van der Waals surface area contributed by atoms with E-state index in [-0.39, 0.29) is 0 Å². The second-order valence-electron chi connectivity index (χ2n) is 3.94. The van der Waals surface area contributed by atoms with E-state index >= 15 is 0 Å². The van der Waals surface area contributed by atoms with Gasteiger partial charge in [-0.05, 0) is 42.0 Å². The largest absolute Gasteiger partial charge is 0.461 e. The standard InChI is InChI=1S/C13H9BrN4OS/c14-10-5-3-9(4-6-10)8-15-18-12(16-17-13(18)20)11-2-1-7-19-11/h1-8H,(H,17,20)/b15-8+. The Morgan fingerprint density at radius 1 is 1.30 bits per heavy atom. The van der Waals surface area contributed by atoms with E-state index in [0.29, 0.717) is 16.4 Å². The van der Waals surface area contributed by atoms with Crippen LogP contribution in [0.2, 0.25) is 0 Å². The molecule has 7 heteroatoms. The van der Waals surface area contributed by atoms with E-state index in [4.69, 9.17) is 16.6 Å². The molecule has 20 heavy (non-hydrogen) atoms. The van der Waals surface area contributed by atoms with Crippen LogP contribution in [0.4, 0.5) is 0 Å². The SMILES string of the molecule is S=c1[nH]nc(-c2ccco2)n1/N=C/c1ccc(Br)cc1. The molecule has 2 heterocycles. The molecule has 0 aliphatic heterocycles. The van der Waals surface area contributed by atoms with Gasteiger partial charge in [0.15, 0.2) is 5.76 Å². The van der Waals surface area contributed by atoms with E-state index in [1.54, 1.807) is 24.6 Å². The average Bonchev–Trinajstić information content (AvgIpc) is 3.08. The Hall–Kier alpha value is -1.99. The summed E-state index contributed by atoms with van der Waals surface area (Å²) < 4.78 is 8.26. The van der Waals surface area contributed by atoms with Crippen molar-refractivity contribution in [3.8, 4) is 11.6 Å². The molecular formula is C13H9BrN4OS. The Morgan fingerprint density at radius 3 is 2.80 bits per heavy atom. The summed E-state index contributed by atoms with van der Waals surface area (Å²) in [5.41, 5.74) is 0.960. The van der Waals surface area contributed by atoms with Crippen LogP contribution in [0.5, 0.6) is 0 Å². The number of benzene rings is 1. The first kappa shape index (κ1) is 13.0. The van der Waals surface area contributed by atoms with Crippen molar-refractivity contribution in [1.29, 1.82) is 0 Å². The number of nitrogens with zero attached hydrogens (tertiary/aromatic N) is 3. The zero-order chi connectivity index (χ0) is 13.9. The van der Waals surface area contributed by atoms with Gasteiger partial charge in [-0.1, -0.05) is 28.1 Å². The molecule has 0 spiro atoms. The number of aromatic amines is 1. The van der Waals surface area contributed by atoms with Gasteiger partial charge in [-0.2, -0.15) is 9.78 Å². The summed E-state index contributed by atoms with van der Waals surface area (Å²) in [6.45, 7) is 0. The Balaban J connectivity index is 1.97. The monoisotopic (exact) mass is 348 g/mol. The van der Waals surface area contributed by atoms with E-state index in [1.165, 1.54) is 4.68 Å². The van der Waals surface area contributed by atoms with Crippen molar-refractivity contribution in [2.24, 2.45) is 5.10 Å². The molecule has 100 valence electrons. The highest BCUT2D eigenvalue weighted by Gasteiger charge is 2.10. The number of furan rings is 1. The second-order valence-corrected chi connectivity index (χ2v) is 5.24. The van der Waals surface area contributed by atoms with Crippen molar-refractivity contribution in [3.05, 3.63) is 57.5 Å². The van der Waals surface area contributed by atoms with E-state index in [9.17, 15) is 0 Å². The maximum atomic E-state index is 5.31. The van der Waals surface area contributed by atoms with Gasteiger partial charge in [0.25, 0.3) is 0 Å². The van der Waals surface area contributed by atoms with E-state index < -0.39 is 0 Å². The molecule has 3 aromatic rings. The lowest BCUT2D eigenvalue weighted by molar-refractivity contribution is 0.573. The average molecular weight is 349 g/mol. The highest BCUT2D eigenvalue weighted by molar-refractivity contribution is 9.10. The molecule has 0 amide bonds. The van der Waals surface area contributed by atoms with Gasteiger partial charge in [-0.15, -0.1) is 5.10 Å². The Kier molecular flexibility index (Phi) is 3.62. The van der Waals surface area contributed by atoms with E-state index in [2.05, 4.69) is 31.2 Å². The van der Waals surface area contributed by atoms with Crippen LogP contribution in [0.15, 0.2) is 56.7 Å². The van der Waals surface area contributed by atoms with E-state index in [0.717, 1.165) is 10.0 Å². The second kappa shape index (κ2) is 5.56. The Labute approximate surface area is 128 Å². The summed E-state index contributed by atoms with van der Waals surface area (Å²) in [5.74, 6) is 1.14. The van der Waals surface area contributed by atoms with Gasteiger partial charge >= 0.3 is 0 Å². The van der Waals surface area contributed by atoms with Crippen LogP contribution in [0.3, 0.4) is 0 Å². The predicted octanol–water partition coefficient (Wildman–Crippen LogP) is 3.85. The van der Waals surface area contributed by atoms with Crippen LogP contribution in [0.1, 0.15) is 5.56 Å². The lowest BCUT2D eigenvalue weighted by atomic mass is 10.2. The van der Waals surface area contributed by atoms with Gasteiger partial charge in [-0.25, -0.2) is 5.10 Å². The van der Waals surface area contributed by atoms with E-state index in [1.807, 2.05) is 24.3 Å². The summed E-state index contributed by atoms with van der Waals surface area (Å²) in [5, 5.41) is 11.2. The van der Waals surface area contributed by atoms with Crippen molar-refractivity contribution in [2.75, 3.05) is 0 Å². The first-order valence-electron chi connectivity index (χ1n) is 5.75. The minimum Gasteiger partial charge on any atom is -0.461 e. The smallest absolute Gasteiger partial charge is 0.219 e.